The van der Waals surface area contributed by atoms with Crippen molar-refractivity contribution < 1.29 is 22.1 Å². The molecule has 3 aromatic rings. The van der Waals surface area contributed by atoms with Gasteiger partial charge in [-0.1, -0.05) is 35.4 Å². The van der Waals surface area contributed by atoms with E-state index in [0.29, 0.717) is 20.6 Å². The molecule has 3 rings (SSSR count). The molecular weight excluding hydrogens is 520 g/mol. The normalized spacial score (nSPS) is 11.4. The number of hydrogen-bond acceptors (Lipinski definition) is 6. The van der Waals surface area contributed by atoms with Crippen molar-refractivity contribution in [3.63, 3.8) is 0 Å². The highest BCUT2D eigenvalue weighted by atomic mass is 79.9. The van der Waals surface area contributed by atoms with Crippen LogP contribution in [0.5, 0.6) is 11.5 Å². The minimum atomic E-state index is -4.07. The molecule has 0 fully saturated rings. The maximum Gasteiger partial charge on any atom is 0.339 e. The molecule has 0 heterocycles. The van der Waals surface area contributed by atoms with Crippen molar-refractivity contribution in [1.82, 2.24) is 5.43 Å². The van der Waals surface area contributed by atoms with Gasteiger partial charge in [0.05, 0.1) is 17.8 Å². The second kappa shape index (κ2) is 10.2. The van der Waals surface area contributed by atoms with Crippen LogP contribution in [0.2, 0.25) is 5.02 Å². The molecule has 10 heteroatoms. The summed E-state index contributed by atoms with van der Waals surface area (Å²) in [6.07, 6.45) is 1.38. The van der Waals surface area contributed by atoms with Crippen LogP contribution in [0, 0.1) is 6.92 Å². The first kappa shape index (κ1) is 23.8. The van der Waals surface area contributed by atoms with E-state index in [0.717, 1.165) is 5.56 Å². The number of nitrogens with one attached hydrogen (secondary N) is 1. The van der Waals surface area contributed by atoms with Crippen molar-refractivity contribution in [1.29, 1.82) is 0 Å². The first-order valence-corrected chi connectivity index (χ1v) is 11.7. The molecule has 1 N–H and O–H groups in total. The van der Waals surface area contributed by atoms with Crippen LogP contribution in [0.4, 0.5) is 0 Å². The van der Waals surface area contributed by atoms with E-state index >= 15 is 0 Å². The molecule has 7 nitrogen and oxygen atoms in total. The third-order valence-corrected chi connectivity index (χ3v) is 6.28. The molecule has 32 heavy (non-hydrogen) atoms. The van der Waals surface area contributed by atoms with E-state index in [9.17, 15) is 13.2 Å². The van der Waals surface area contributed by atoms with Crippen molar-refractivity contribution in [3.05, 3.63) is 86.8 Å². The summed E-state index contributed by atoms with van der Waals surface area (Å²) >= 11 is 9.19. The Hall–Kier alpha value is -2.88. The molecule has 0 aliphatic rings. The highest BCUT2D eigenvalue weighted by Crippen LogP contribution is 2.38. The van der Waals surface area contributed by atoms with Gasteiger partial charge in [0.25, 0.3) is 5.91 Å². The summed E-state index contributed by atoms with van der Waals surface area (Å²) in [5.41, 5.74) is 4.21. The maximum atomic E-state index is 12.6. The molecule has 0 saturated carbocycles. The minimum absolute atomic E-state index is 0.00631. The van der Waals surface area contributed by atoms with Gasteiger partial charge in [-0.3, -0.25) is 4.79 Å². The van der Waals surface area contributed by atoms with E-state index in [1.54, 1.807) is 36.4 Å². The average Bonchev–Trinajstić information content (AvgIpc) is 2.75. The molecule has 0 spiro atoms. The molecule has 0 saturated heterocycles. The predicted octanol–water partition coefficient (Wildman–Crippen LogP) is 4.95. The number of rotatable bonds is 7. The minimum Gasteiger partial charge on any atom is -0.493 e. The van der Waals surface area contributed by atoms with Gasteiger partial charge in [0, 0.05) is 10.6 Å². The van der Waals surface area contributed by atoms with Crippen LogP contribution >= 0.6 is 27.5 Å². The van der Waals surface area contributed by atoms with E-state index in [1.165, 1.54) is 37.6 Å². The number of amides is 1. The quantitative estimate of drug-likeness (QED) is 0.261. The number of carbonyl (C=O) groups excluding carboxylic acids is 1. The van der Waals surface area contributed by atoms with Gasteiger partial charge < -0.3 is 8.92 Å². The lowest BCUT2D eigenvalue weighted by molar-refractivity contribution is 0.0955. The standard InChI is InChI=1S/C22H18BrClN2O5S/c1-14-6-8-18(9-7-14)32(28,29)31-21-19(23)10-15(11-20(21)30-2)13-25-26-22(27)16-4-3-5-17(24)12-16/h3-13H,1-2H3,(H,26,27)/b25-13-. The lowest BCUT2D eigenvalue weighted by atomic mass is 10.2. The fourth-order valence-electron chi connectivity index (χ4n) is 2.62. The number of nitrogens with zero attached hydrogens (tertiary/aromatic N) is 1. The SMILES string of the molecule is COc1cc(/C=N\NC(=O)c2cccc(Cl)c2)cc(Br)c1OS(=O)(=O)c1ccc(C)cc1. The van der Waals surface area contributed by atoms with Crippen LogP contribution in [-0.4, -0.2) is 27.6 Å². The zero-order valence-corrected chi connectivity index (χ0v) is 20.2. The number of hydrogen-bond donors (Lipinski definition) is 1. The van der Waals surface area contributed by atoms with Gasteiger partial charge in [-0.2, -0.15) is 13.5 Å². The average molecular weight is 538 g/mol. The first-order valence-electron chi connectivity index (χ1n) is 9.17. The highest BCUT2D eigenvalue weighted by molar-refractivity contribution is 9.10. The number of halogens is 2. The number of methoxy groups -OCH3 is 1. The third kappa shape index (κ3) is 5.87. The highest BCUT2D eigenvalue weighted by Gasteiger charge is 2.22. The van der Waals surface area contributed by atoms with Crippen LogP contribution < -0.4 is 14.3 Å². The molecule has 0 aromatic heterocycles. The van der Waals surface area contributed by atoms with Crippen molar-refractivity contribution in [2.75, 3.05) is 7.11 Å². The zero-order chi connectivity index (χ0) is 23.3. The summed E-state index contributed by atoms with van der Waals surface area (Å²) in [5, 5.41) is 4.36. The van der Waals surface area contributed by atoms with Crippen LogP contribution in [-0.2, 0) is 10.1 Å². The zero-order valence-electron chi connectivity index (χ0n) is 17.0. The Labute approximate surface area is 199 Å². The summed E-state index contributed by atoms with van der Waals surface area (Å²) < 4.78 is 36.2. The number of carbonyl (C=O) groups is 1. The summed E-state index contributed by atoms with van der Waals surface area (Å²) in [6, 6.07) is 15.9. The maximum absolute atomic E-state index is 12.6. The van der Waals surface area contributed by atoms with E-state index in [-0.39, 0.29) is 16.4 Å². The Bertz CT molecular complexity index is 1280. The molecule has 1 amide bonds. The second-order valence-corrected chi connectivity index (χ2v) is 9.43. The summed E-state index contributed by atoms with van der Waals surface area (Å²) in [7, 11) is -2.69. The molecule has 166 valence electrons. The smallest absolute Gasteiger partial charge is 0.339 e. The summed E-state index contributed by atoms with van der Waals surface area (Å²) in [6.45, 7) is 1.86. The summed E-state index contributed by atoms with van der Waals surface area (Å²) in [5.74, 6) is -0.273. The van der Waals surface area contributed by atoms with E-state index in [1.807, 2.05) is 6.92 Å². The Morgan fingerprint density at radius 2 is 1.84 bits per heavy atom. The van der Waals surface area contributed by atoms with E-state index in [4.69, 9.17) is 20.5 Å². The lowest BCUT2D eigenvalue weighted by Gasteiger charge is -2.13. The van der Waals surface area contributed by atoms with E-state index in [2.05, 4.69) is 26.5 Å². The van der Waals surface area contributed by atoms with E-state index < -0.39 is 16.0 Å². The molecule has 0 radical (unpaired) electrons. The molecule has 3 aromatic carbocycles. The molecule has 0 atom stereocenters. The van der Waals surface area contributed by atoms with Crippen molar-refractivity contribution in [2.24, 2.45) is 5.10 Å². The topological polar surface area (TPSA) is 94.1 Å². The predicted molar refractivity (Wildman–Crippen MR) is 126 cm³/mol. The van der Waals surface area contributed by atoms with Gasteiger partial charge in [0.2, 0.25) is 0 Å². The number of aryl methyl sites for hydroxylation is 1. The molecular formula is C22H18BrClN2O5S. The van der Waals surface area contributed by atoms with Gasteiger partial charge in [-0.25, -0.2) is 5.43 Å². The Kier molecular flexibility index (Phi) is 7.55. The fraction of sp³-hybridized carbons (Fsp3) is 0.0909. The van der Waals surface area contributed by atoms with Gasteiger partial charge in [0.15, 0.2) is 11.5 Å². The third-order valence-electron chi connectivity index (χ3n) is 4.22. The Morgan fingerprint density at radius 1 is 1.12 bits per heavy atom. The van der Waals surface area contributed by atoms with Crippen LogP contribution in [0.15, 0.2) is 75.1 Å². The largest absolute Gasteiger partial charge is 0.493 e. The summed E-state index contributed by atoms with van der Waals surface area (Å²) in [4.78, 5) is 12.2. The first-order chi connectivity index (χ1) is 15.2. The molecule has 0 aliphatic carbocycles. The lowest BCUT2D eigenvalue weighted by Crippen LogP contribution is -2.17. The molecule has 0 aliphatic heterocycles. The van der Waals surface area contributed by atoms with Gasteiger partial charge in [-0.15, -0.1) is 0 Å². The molecule has 0 bridgehead atoms. The van der Waals surface area contributed by atoms with Crippen molar-refractivity contribution >= 4 is 49.8 Å². The Morgan fingerprint density at radius 3 is 2.50 bits per heavy atom. The second-order valence-electron chi connectivity index (χ2n) is 6.59. The monoisotopic (exact) mass is 536 g/mol. The fourth-order valence-corrected chi connectivity index (χ4v) is 4.41. The Balaban J connectivity index is 1.79. The van der Waals surface area contributed by atoms with Gasteiger partial charge >= 0.3 is 10.1 Å². The number of benzene rings is 3. The van der Waals surface area contributed by atoms with Gasteiger partial charge in [-0.05, 0) is 70.9 Å². The van der Waals surface area contributed by atoms with Crippen LogP contribution in [0.25, 0.3) is 0 Å². The number of ether oxygens (including phenoxy) is 1. The number of hydrazone groups is 1. The van der Waals surface area contributed by atoms with Crippen LogP contribution in [0.3, 0.4) is 0 Å². The van der Waals surface area contributed by atoms with Crippen molar-refractivity contribution in [3.8, 4) is 11.5 Å². The van der Waals surface area contributed by atoms with Crippen molar-refractivity contribution in [2.45, 2.75) is 11.8 Å². The molecule has 0 unspecified atom stereocenters. The van der Waals surface area contributed by atoms with Crippen LogP contribution in [0.1, 0.15) is 21.5 Å². The van der Waals surface area contributed by atoms with Gasteiger partial charge in [0.1, 0.15) is 4.90 Å².